The molecule has 0 radical (unpaired) electrons. The molecule has 1 aliphatic carbocycles. The zero-order chi connectivity index (χ0) is 20.8. The molecule has 0 amide bonds. The first-order valence-electron chi connectivity index (χ1n) is 11.2. The Hall–Kier alpha value is -2.14. The van der Waals surface area contributed by atoms with E-state index in [1.54, 1.807) is 10.7 Å². The third-order valence-corrected chi connectivity index (χ3v) is 7.33. The van der Waals surface area contributed by atoms with Crippen molar-refractivity contribution in [1.82, 2.24) is 19.4 Å². The highest BCUT2D eigenvalue weighted by atomic mass is 16.5. The summed E-state index contributed by atoms with van der Waals surface area (Å²) in [5.74, 6) is 1.65. The van der Waals surface area contributed by atoms with Gasteiger partial charge in [0.25, 0.3) is 0 Å². The first-order chi connectivity index (χ1) is 14.5. The lowest BCUT2D eigenvalue weighted by Crippen LogP contribution is -2.51. The summed E-state index contributed by atoms with van der Waals surface area (Å²) in [6, 6.07) is 8.89. The van der Waals surface area contributed by atoms with E-state index in [1.165, 1.54) is 25.9 Å². The molecule has 2 aromatic rings. The van der Waals surface area contributed by atoms with E-state index < -0.39 is 0 Å². The molecule has 0 bridgehead atoms. The fraction of sp³-hybridized carbons (Fsp3) is 0.652. The van der Waals surface area contributed by atoms with E-state index in [2.05, 4.69) is 53.0 Å². The van der Waals surface area contributed by atoms with Gasteiger partial charge in [-0.2, -0.15) is 10.4 Å². The van der Waals surface area contributed by atoms with Gasteiger partial charge in [0.2, 0.25) is 0 Å². The second kappa shape index (κ2) is 7.84. The van der Waals surface area contributed by atoms with Crippen molar-refractivity contribution in [2.75, 3.05) is 51.7 Å². The van der Waals surface area contributed by atoms with Gasteiger partial charge in [-0.25, -0.2) is 4.52 Å². The van der Waals surface area contributed by atoms with Crippen LogP contribution in [-0.4, -0.2) is 84.5 Å². The van der Waals surface area contributed by atoms with Gasteiger partial charge in [-0.05, 0) is 63.9 Å². The normalized spacial score (nSPS) is 32.1. The molecule has 160 valence electrons. The fourth-order valence-electron chi connectivity index (χ4n) is 6.11. The Morgan fingerprint density at radius 1 is 1.17 bits per heavy atom. The maximum absolute atomic E-state index is 9.37. The number of rotatable bonds is 4. The maximum Gasteiger partial charge on any atom is 0.142 e. The van der Waals surface area contributed by atoms with Crippen LogP contribution < -0.4 is 4.90 Å². The van der Waals surface area contributed by atoms with Gasteiger partial charge in [-0.15, -0.1) is 0 Å². The number of nitriles is 1. The van der Waals surface area contributed by atoms with Crippen LogP contribution in [0.15, 0.2) is 24.4 Å². The molecule has 3 aliphatic rings. The number of nitrogens with zero attached hydrogens (tertiary/aromatic N) is 6. The van der Waals surface area contributed by atoms with Crippen LogP contribution in [-0.2, 0) is 4.74 Å². The van der Waals surface area contributed by atoms with E-state index >= 15 is 0 Å². The Balaban J connectivity index is 1.30. The van der Waals surface area contributed by atoms with Gasteiger partial charge < -0.3 is 19.4 Å². The minimum absolute atomic E-state index is 0.180. The maximum atomic E-state index is 9.37. The Morgan fingerprint density at radius 2 is 2.03 bits per heavy atom. The smallest absolute Gasteiger partial charge is 0.142 e. The van der Waals surface area contributed by atoms with Crippen molar-refractivity contribution in [3.8, 4) is 6.07 Å². The van der Waals surface area contributed by atoms with E-state index in [0.29, 0.717) is 5.69 Å². The second-order valence-electron chi connectivity index (χ2n) is 9.57. The number of hydrogen-bond acceptors (Lipinski definition) is 6. The average molecular weight is 409 g/mol. The summed E-state index contributed by atoms with van der Waals surface area (Å²) >= 11 is 0. The molecule has 0 spiro atoms. The van der Waals surface area contributed by atoms with E-state index in [0.717, 1.165) is 48.7 Å². The number of hydrogen-bond donors (Lipinski definition) is 0. The minimum atomic E-state index is 0.180. The monoisotopic (exact) mass is 408 g/mol. The molecule has 30 heavy (non-hydrogen) atoms. The molecule has 2 aliphatic heterocycles. The van der Waals surface area contributed by atoms with Crippen LogP contribution in [0.2, 0.25) is 0 Å². The molecule has 2 saturated heterocycles. The Morgan fingerprint density at radius 3 is 2.83 bits per heavy atom. The van der Waals surface area contributed by atoms with Crippen molar-refractivity contribution in [3.05, 3.63) is 30.1 Å². The van der Waals surface area contributed by atoms with E-state index in [4.69, 9.17) is 4.74 Å². The van der Waals surface area contributed by atoms with Crippen LogP contribution in [0.1, 0.15) is 25.5 Å². The Bertz CT molecular complexity index is 949. The zero-order valence-electron chi connectivity index (χ0n) is 18.2. The number of ether oxygens (including phenoxy) is 1. The van der Waals surface area contributed by atoms with Gasteiger partial charge in [-0.3, -0.25) is 0 Å². The Kier molecular flexibility index (Phi) is 5.18. The van der Waals surface area contributed by atoms with Crippen molar-refractivity contribution in [2.24, 2.45) is 11.8 Å². The quantitative estimate of drug-likeness (QED) is 0.772. The predicted molar refractivity (Wildman–Crippen MR) is 117 cm³/mol. The summed E-state index contributed by atoms with van der Waals surface area (Å²) < 4.78 is 8.11. The third-order valence-electron chi connectivity index (χ3n) is 7.33. The lowest BCUT2D eigenvalue weighted by Gasteiger charge is -2.40. The van der Waals surface area contributed by atoms with Crippen molar-refractivity contribution >= 4 is 11.2 Å². The van der Waals surface area contributed by atoms with Crippen LogP contribution in [0.25, 0.3) is 5.52 Å². The summed E-state index contributed by atoms with van der Waals surface area (Å²) in [6.45, 7) is 7.31. The molecule has 7 nitrogen and oxygen atoms in total. The number of fused-ring (bicyclic) bond motifs is 2. The first-order valence-corrected chi connectivity index (χ1v) is 11.2. The van der Waals surface area contributed by atoms with Gasteiger partial charge in [0.05, 0.1) is 29.6 Å². The molecule has 5 rings (SSSR count). The van der Waals surface area contributed by atoms with Gasteiger partial charge in [0.1, 0.15) is 11.8 Å². The largest absolute Gasteiger partial charge is 0.370 e. The van der Waals surface area contributed by atoms with Gasteiger partial charge in [-0.1, -0.05) is 0 Å². The van der Waals surface area contributed by atoms with Gasteiger partial charge in [0.15, 0.2) is 0 Å². The zero-order valence-corrected chi connectivity index (χ0v) is 18.2. The molecule has 4 heterocycles. The topological polar surface area (TPSA) is 60.0 Å². The summed E-state index contributed by atoms with van der Waals surface area (Å²) in [7, 11) is 4.46. The number of pyridine rings is 1. The summed E-state index contributed by atoms with van der Waals surface area (Å²) in [4.78, 5) is 7.48. The molecular weight excluding hydrogens is 376 g/mol. The number of aromatic nitrogens is 2. The average Bonchev–Trinajstić information content (AvgIpc) is 3.41. The summed E-state index contributed by atoms with van der Waals surface area (Å²) in [5, 5.41) is 13.7. The lowest BCUT2D eigenvalue weighted by molar-refractivity contribution is -0.0305. The number of morpholine rings is 1. The molecular formula is C23H32N6O. The van der Waals surface area contributed by atoms with Crippen LogP contribution in [0.5, 0.6) is 0 Å². The lowest BCUT2D eigenvalue weighted by atomic mass is 9.97. The number of likely N-dealkylation sites (tertiary alicyclic amines) is 1. The standard InChI is InChI=1S/C23H32N6O/c1-16-11-28(22-7-5-18(10-24)29-23(22)8-9-25-29)14-19(30-16)13-27-12-17-4-6-21(26(2)3)20(17)15-27/h5,7-9,16-17,19-21H,4,6,11-15H2,1-3H3/t16-,17-,19+,20+,21-/m1/s1. The Labute approximate surface area is 178 Å². The van der Waals surface area contributed by atoms with Crippen LogP contribution >= 0.6 is 0 Å². The molecule has 0 N–H and O–H groups in total. The van der Waals surface area contributed by atoms with Crippen LogP contribution in [0.3, 0.4) is 0 Å². The second-order valence-corrected chi connectivity index (χ2v) is 9.57. The molecule has 0 aromatic carbocycles. The van der Waals surface area contributed by atoms with Crippen molar-refractivity contribution in [1.29, 1.82) is 5.26 Å². The fourth-order valence-corrected chi connectivity index (χ4v) is 6.11. The summed E-state index contributed by atoms with van der Waals surface area (Å²) in [5.41, 5.74) is 2.69. The highest BCUT2D eigenvalue weighted by Gasteiger charge is 2.44. The van der Waals surface area contributed by atoms with Crippen molar-refractivity contribution in [3.63, 3.8) is 0 Å². The molecule has 5 atom stereocenters. The molecule has 1 saturated carbocycles. The number of anilines is 1. The minimum Gasteiger partial charge on any atom is -0.370 e. The molecule has 2 aromatic heterocycles. The summed E-state index contributed by atoms with van der Waals surface area (Å²) in [6.07, 6.45) is 4.86. The SMILES string of the molecule is C[C@@H]1CN(c2ccc(C#N)n3nccc23)C[C@H](CN2C[C@H]3CC[C@@H](N(C)C)[C@H]3C2)O1. The highest BCUT2D eigenvalue weighted by Crippen LogP contribution is 2.40. The first kappa shape index (κ1) is 19.8. The van der Waals surface area contributed by atoms with E-state index in [1.807, 2.05) is 12.1 Å². The van der Waals surface area contributed by atoms with Crippen LogP contribution in [0.4, 0.5) is 5.69 Å². The molecule has 3 fully saturated rings. The van der Waals surface area contributed by atoms with Crippen molar-refractivity contribution < 1.29 is 4.74 Å². The third kappa shape index (κ3) is 3.47. The van der Waals surface area contributed by atoms with E-state index in [-0.39, 0.29) is 12.2 Å². The van der Waals surface area contributed by atoms with Gasteiger partial charge >= 0.3 is 0 Å². The molecule has 7 heteroatoms. The molecule has 0 unspecified atom stereocenters. The van der Waals surface area contributed by atoms with Crippen LogP contribution in [0, 0.1) is 23.2 Å². The van der Waals surface area contributed by atoms with Crippen molar-refractivity contribution in [2.45, 2.75) is 38.0 Å². The van der Waals surface area contributed by atoms with E-state index in [9.17, 15) is 5.26 Å². The predicted octanol–water partition coefficient (Wildman–Crippen LogP) is 2.07. The highest BCUT2D eigenvalue weighted by molar-refractivity contribution is 5.74. The van der Waals surface area contributed by atoms with Gasteiger partial charge in [0, 0.05) is 38.8 Å².